The highest BCUT2D eigenvalue weighted by Gasteiger charge is 2.30. The average Bonchev–Trinajstić information content (AvgIpc) is 2.58. The molecule has 0 fully saturated rings. The Bertz CT molecular complexity index is 339. The van der Waals surface area contributed by atoms with E-state index in [-0.39, 0.29) is 18.7 Å². The average molecular weight is 373 g/mol. The summed E-state index contributed by atoms with van der Waals surface area (Å²) in [6.45, 7) is 13.4. The van der Waals surface area contributed by atoms with Crippen LogP contribution in [0.1, 0.15) is 99.3 Å². The van der Waals surface area contributed by atoms with E-state index in [1.54, 1.807) is 13.8 Å². The zero-order chi connectivity index (χ0) is 19.8. The van der Waals surface area contributed by atoms with Crippen LogP contribution in [-0.2, 0) is 19.0 Å². The van der Waals surface area contributed by atoms with E-state index in [2.05, 4.69) is 13.8 Å². The van der Waals surface area contributed by atoms with Gasteiger partial charge >= 0.3 is 5.97 Å². The SMILES string of the molecule is CCCCCCC(C)CCCCCOC(C)(C)C(=O)OCCOC(C)C. The van der Waals surface area contributed by atoms with Gasteiger partial charge in [0.05, 0.1) is 12.7 Å². The Morgan fingerprint density at radius 3 is 2.04 bits per heavy atom. The molecule has 0 aliphatic heterocycles. The maximum Gasteiger partial charge on any atom is 0.337 e. The molecule has 0 aromatic heterocycles. The van der Waals surface area contributed by atoms with Crippen LogP contribution >= 0.6 is 0 Å². The predicted molar refractivity (Wildman–Crippen MR) is 108 cm³/mol. The molecule has 0 N–H and O–H groups in total. The summed E-state index contributed by atoms with van der Waals surface area (Å²) in [6.07, 6.45) is 11.6. The van der Waals surface area contributed by atoms with Crippen LogP contribution in [0.3, 0.4) is 0 Å². The minimum Gasteiger partial charge on any atom is -0.461 e. The van der Waals surface area contributed by atoms with E-state index in [0.717, 1.165) is 18.8 Å². The van der Waals surface area contributed by atoms with Crippen molar-refractivity contribution in [3.05, 3.63) is 0 Å². The van der Waals surface area contributed by atoms with Crippen LogP contribution < -0.4 is 0 Å². The smallest absolute Gasteiger partial charge is 0.337 e. The van der Waals surface area contributed by atoms with Crippen LogP contribution in [0.2, 0.25) is 0 Å². The van der Waals surface area contributed by atoms with Crippen molar-refractivity contribution >= 4 is 5.97 Å². The fraction of sp³-hybridized carbons (Fsp3) is 0.955. The summed E-state index contributed by atoms with van der Waals surface area (Å²) in [5, 5.41) is 0. The molecule has 0 bridgehead atoms. The zero-order valence-corrected chi connectivity index (χ0v) is 18.3. The molecular formula is C22H44O4. The van der Waals surface area contributed by atoms with Crippen molar-refractivity contribution in [3.63, 3.8) is 0 Å². The molecule has 0 saturated heterocycles. The van der Waals surface area contributed by atoms with Gasteiger partial charge in [0.1, 0.15) is 6.61 Å². The third-order valence-corrected chi connectivity index (χ3v) is 4.61. The van der Waals surface area contributed by atoms with Gasteiger partial charge in [0.25, 0.3) is 0 Å². The van der Waals surface area contributed by atoms with Crippen LogP contribution in [0.25, 0.3) is 0 Å². The van der Waals surface area contributed by atoms with E-state index in [0.29, 0.717) is 13.2 Å². The van der Waals surface area contributed by atoms with Crippen LogP contribution in [0, 0.1) is 5.92 Å². The number of carbonyl (C=O) groups is 1. The molecule has 1 atom stereocenters. The van der Waals surface area contributed by atoms with Gasteiger partial charge in [0.15, 0.2) is 5.60 Å². The highest BCUT2D eigenvalue weighted by Crippen LogP contribution is 2.18. The standard InChI is InChI=1S/C22H44O4/c1-7-8-9-11-14-20(4)15-12-10-13-16-26-22(5,6)21(23)25-18-17-24-19(2)3/h19-20H,7-18H2,1-6H3. The molecule has 0 saturated carbocycles. The largest absolute Gasteiger partial charge is 0.461 e. The molecule has 0 amide bonds. The summed E-state index contributed by atoms with van der Waals surface area (Å²) in [4.78, 5) is 12.1. The maximum atomic E-state index is 12.1. The third-order valence-electron chi connectivity index (χ3n) is 4.61. The fourth-order valence-corrected chi connectivity index (χ4v) is 2.81. The van der Waals surface area contributed by atoms with Crippen molar-refractivity contribution in [2.45, 2.75) is 111 Å². The van der Waals surface area contributed by atoms with Crippen LogP contribution in [-0.4, -0.2) is 37.5 Å². The fourth-order valence-electron chi connectivity index (χ4n) is 2.81. The number of carbonyl (C=O) groups excluding carboxylic acids is 1. The molecule has 0 aliphatic rings. The summed E-state index contributed by atoms with van der Waals surface area (Å²) in [5.74, 6) is 0.512. The molecule has 0 aromatic carbocycles. The Balaban J connectivity index is 3.66. The summed E-state index contributed by atoms with van der Waals surface area (Å²) in [6, 6.07) is 0. The summed E-state index contributed by atoms with van der Waals surface area (Å²) in [5.41, 5.74) is -0.885. The second kappa shape index (κ2) is 15.4. The Hall–Kier alpha value is -0.610. The van der Waals surface area contributed by atoms with E-state index in [9.17, 15) is 4.79 Å². The Kier molecular flexibility index (Phi) is 15.1. The van der Waals surface area contributed by atoms with Gasteiger partial charge in [0.2, 0.25) is 0 Å². The Morgan fingerprint density at radius 2 is 1.46 bits per heavy atom. The first-order valence-electron chi connectivity index (χ1n) is 10.7. The molecule has 4 nitrogen and oxygen atoms in total. The first-order valence-corrected chi connectivity index (χ1v) is 10.7. The van der Waals surface area contributed by atoms with Crippen molar-refractivity contribution in [2.24, 2.45) is 5.92 Å². The van der Waals surface area contributed by atoms with Crippen LogP contribution in [0.5, 0.6) is 0 Å². The number of unbranched alkanes of at least 4 members (excludes halogenated alkanes) is 5. The molecular weight excluding hydrogens is 328 g/mol. The molecule has 0 rings (SSSR count). The molecule has 1 unspecified atom stereocenters. The van der Waals surface area contributed by atoms with Crippen LogP contribution in [0.4, 0.5) is 0 Å². The first kappa shape index (κ1) is 25.4. The molecule has 0 heterocycles. The lowest BCUT2D eigenvalue weighted by Gasteiger charge is -2.23. The van der Waals surface area contributed by atoms with E-state index >= 15 is 0 Å². The van der Waals surface area contributed by atoms with E-state index in [1.807, 2.05) is 13.8 Å². The van der Waals surface area contributed by atoms with E-state index < -0.39 is 5.60 Å². The van der Waals surface area contributed by atoms with E-state index in [1.165, 1.54) is 44.9 Å². The second-order valence-corrected chi connectivity index (χ2v) is 8.22. The van der Waals surface area contributed by atoms with Gasteiger partial charge < -0.3 is 14.2 Å². The molecule has 0 aromatic rings. The lowest BCUT2D eigenvalue weighted by atomic mass is 9.97. The summed E-state index contributed by atoms with van der Waals surface area (Å²) >= 11 is 0. The first-order chi connectivity index (χ1) is 12.3. The molecule has 26 heavy (non-hydrogen) atoms. The normalized spacial score (nSPS) is 13.2. The van der Waals surface area contributed by atoms with Gasteiger partial charge in [-0.05, 0) is 40.0 Å². The van der Waals surface area contributed by atoms with Gasteiger partial charge in [-0.2, -0.15) is 0 Å². The number of hydrogen-bond acceptors (Lipinski definition) is 4. The van der Waals surface area contributed by atoms with Crippen molar-refractivity contribution in [3.8, 4) is 0 Å². The number of rotatable bonds is 17. The van der Waals surface area contributed by atoms with Gasteiger partial charge in [-0.25, -0.2) is 4.79 Å². The molecule has 4 heteroatoms. The summed E-state index contributed by atoms with van der Waals surface area (Å²) < 4.78 is 16.4. The molecule has 0 spiro atoms. The molecule has 0 radical (unpaired) electrons. The van der Waals surface area contributed by atoms with Crippen LogP contribution in [0.15, 0.2) is 0 Å². The zero-order valence-electron chi connectivity index (χ0n) is 18.3. The lowest BCUT2D eigenvalue weighted by molar-refractivity contribution is -0.170. The van der Waals surface area contributed by atoms with Crippen molar-refractivity contribution < 1.29 is 19.0 Å². The van der Waals surface area contributed by atoms with Crippen molar-refractivity contribution in [1.29, 1.82) is 0 Å². The highest BCUT2D eigenvalue weighted by atomic mass is 16.6. The van der Waals surface area contributed by atoms with Crippen molar-refractivity contribution in [1.82, 2.24) is 0 Å². The van der Waals surface area contributed by atoms with Gasteiger partial charge in [-0.15, -0.1) is 0 Å². The lowest BCUT2D eigenvalue weighted by Crippen LogP contribution is -2.37. The van der Waals surface area contributed by atoms with Gasteiger partial charge in [-0.1, -0.05) is 65.2 Å². The number of esters is 1. The van der Waals surface area contributed by atoms with Gasteiger partial charge in [0, 0.05) is 6.61 Å². The van der Waals surface area contributed by atoms with E-state index in [4.69, 9.17) is 14.2 Å². The Labute approximate surface area is 162 Å². The topological polar surface area (TPSA) is 44.8 Å². The Morgan fingerprint density at radius 1 is 0.846 bits per heavy atom. The van der Waals surface area contributed by atoms with Gasteiger partial charge in [-0.3, -0.25) is 0 Å². The minimum atomic E-state index is -0.885. The summed E-state index contributed by atoms with van der Waals surface area (Å²) in [7, 11) is 0. The second-order valence-electron chi connectivity index (χ2n) is 8.22. The maximum absolute atomic E-state index is 12.1. The predicted octanol–water partition coefficient (Wildman–Crippen LogP) is 5.92. The van der Waals surface area contributed by atoms with Crippen molar-refractivity contribution in [2.75, 3.05) is 19.8 Å². The monoisotopic (exact) mass is 372 g/mol. The molecule has 156 valence electrons. The highest BCUT2D eigenvalue weighted by molar-refractivity contribution is 5.78. The number of ether oxygens (including phenoxy) is 3. The third kappa shape index (κ3) is 14.5. The molecule has 0 aliphatic carbocycles. The quantitative estimate of drug-likeness (QED) is 0.235. The minimum absolute atomic E-state index is 0.150. The number of hydrogen-bond donors (Lipinski definition) is 0.